The van der Waals surface area contributed by atoms with Gasteiger partial charge in [0.1, 0.15) is 5.82 Å². The van der Waals surface area contributed by atoms with Gasteiger partial charge in [-0.2, -0.15) is 0 Å². The van der Waals surface area contributed by atoms with E-state index in [4.69, 9.17) is 0 Å². The van der Waals surface area contributed by atoms with Crippen molar-refractivity contribution >= 4 is 0 Å². The van der Waals surface area contributed by atoms with E-state index in [9.17, 15) is 0 Å². The fourth-order valence-electron chi connectivity index (χ4n) is 1.93. The van der Waals surface area contributed by atoms with Gasteiger partial charge in [0.2, 0.25) is 0 Å². The van der Waals surface area contributed by atoms with Crippen LogP contribution in [0.5, 0.6) is 0 Å². The number of nitrogens with zero attached hydrogens (tertiary/aromatic N) is 2. The van der Waals surface area contributed by atoms with Crippen LogP contribution in [-0.2, 0) is 6.54 Å². The molecule has 18 heavy (non-hydrogen) atoms. The van der Waals surface area contributed by atoms with E-state index >= 15 is 0 Å². The van der Waals surface area contributed by atoms with Crippen molar-refractivity contribution in [2.45, 2.75) is 27.3 Å². The Kier molecular flexibility index (Phi) is 4.05. The van der Waals surface area contributed by atoms with Crippen LogP contribution in [0.3, 0.4) is 0 Å². The van der Waals surface area contributed by atoms with Crippen LogP contribution in [0.25, 0.3) is 11.3 Å². The van der Waals surface area contributed by atoms with Crippen molar-refractivity contribution in [3.05, 3.63) is 47.4 Å². The molecule has 0 saturated heterocycles. The van der Waals surface area contributed by atoms with Crippen molar-refractivity contribution in [1.29, 1.82) is 0 Å². The largest absolute Gasteiger partial charge is 0.313 e. The van der Waals surface area contributed by atoms with Crippen molar-refractivity contribution in [3.63, 3.8) is 0 Å². The molecule has 0 aliphatic rings. The fourth-order valence-corrected chi connectivity index (χ4v) is 1.93. The SMILES string of the molecule is CCNCc1ccc(-c2ccnc(C)n2)cc1C. The molecule has 2 rings (SSSR count). The Balaban J connectivity index is 2.28. The standard InChI is InChI=1S/C15H19N3/c1-4-16-10-14-6-5-13(9-11(14)2)15-7-8-17-12(3)18-15/h5-9,16H,4,10H2,1-3H3. The Morgan fingerprint density at radius 3 is 2.67 bits per heavy atom. The van der Waals surface area contributed by atoms with Gasteiger partial charge in [-0.15, -0.1) is 0 Å². The molecule has 0 fully saturated rings. The molecule has 0 saturated carbocycles. The van der Waals surface area contributed by atoms with Gasteiger partial charge in [0.05, 0.1) is 5.69 Å². The molecule has 0 spiro atoms. The van der Waals surface area contributed by atoms with Crippen LogP contribution in [-0.4, -0.2) is 16.5 Å². The molecular weight excluding hydrogens is 222 g/mol. The number of hydrogen-bond acceptors (Lipinski definition) is 3. The Labute approximate surface area is 108 Å². The number of aryl methyl sites for hydroxylation is 2. The predicted octanol–water partition coefficient (Wildman–Crippen LogP) is 2.87. The highest BCUT2D eigenvalue weighted by molar-refractivity contribution is 5.60. The normalized spacial score (nSPS) is 10.6. The summed E-state index contributed by atoms with van der Waals surface area (Å²) in [6.45, 7) is 8.09. The van der Waals surface area contributed by atoms with Gasteiger partial charge in [0.15, 0.2) is 0 Å². The first-order valence-corrected chi connectivity index (χ1v) is 6.31. The van der Waals surface area contributed by atoms with Gasteiger partial charge in [0.25, 0.3) is 0 Å². The van der Waals surface area contributed by atoms with E-state index in [2.05, 4.69) is 47.3 Å². The minimum absolute atomic E-state index is 0.807. The van der Waals surface area contributed by atoms with Crippen LogP contribution in [0.4, 0.5) is 0 Å². The van der Waals surface area contributed by atoms with Crippen molar-refractivity contribution in [2.75, 3.05) is 6.54 Å². The first kappa shape index (κ1) is 12.7. The third kappa shape index (κ3) is 2.93. The van der Waals surface area contributed by atoms with Crippen LogP contribution >= 0.6 is 0 Å². The maximum Gasteiger partial charge on any atom is 0.125 e. The second-order valence-corrected chi connectivity index (χ2v) is 4.41. The molecule has 0 aliphatic carbocycles. The van der Waals surface area contributed by atoms with Crippen molar-refractivity contribution < 1.29 is 0 Å². The maximum atomic E-state index is 4.45. The van der Waals surface area contributed by atoms with Crippen LogP contribution in [0, 0.1) is 13.8 Å². The van der Waals surface area contributed by atoms with Gasteiger partial charge in [-0.3, -0.25) is 0 Å². The molecule has 0 radical (unpaired) electrons. The highest BCUT2D eigenvalue weighted by Crippen LogP contribution is 2.20. The number of hydrogen-bond donors (Lipinski definition) is 1. The lowest BCUT2D eigenvalue weighted by molar-refractivity contribution is 0.723. The summed E-state index contributed by atoms with van der Waals surface area (Å²) >= 11 is 0. The number of rotatable bonds is 4. The van der Waals surface area contributed by atoms with Crippen LogP contribution in [0.1, 0.15) is 23.9 Å². The molecule has 3 heteroatoms. The minimum Gasteiger partial charge on any atom is -0.313 e. The molecule has 1 aromatic heterocycles. The maximum absolute atomic E-state index is 4.45. The monoisotopic (exact) mass is 241 g/mol. The molecule has 1 N–H and O–H groups in total. The number of nitrogens with one attached hydrogen (secondary N) is 1. The Morgan fingerprint density at radius 1 is 1.17 bits per heavy atom. The Hall–Kier alpha value is -1.74. The average molecular weight is 241 g/mol. The highest BCUT2D eigenvalue weighted by Gasteiger charge is 2.03. The van der Waals surface area contributed by atoms with Crippen LogP contribution < -0.4 is 5.32 Å². The van der Waals surface area contributed by atoms with E-state index in [0.29, 0.717) is 0 Å². The molecule has 2 aromatic rings. The van der Waals surface area contributed by atoms with Gasteiger partial charge in [0, 0.05) is 18.3 Å². The van der Waals surface area contributed by atoms with Crippen LogP contribution in [0.15, 0.2) is 30.5 Å². The summed E-state index contributed by atoms with van der Waals surface area (Å²) in [6.07, 6.45) is 1.81. The molecule has 0 atom stereocenters. The summed E-state index contributed by atoms with van der Waals surface area (Å²) in [4.78, 5) is 8.57. The Bertz CT molecular complexity index is 535. The Morgan fingerprint density at radius 2 is 2.00 bits per heavy atom. The predicted molar refractivity (Wildman–Crippen MR) is 74.3 cm³/mol. The van der Waals surface area contributed by atoms with Crippen molar-refractivity contribution in [3.8, 4) is 11.3 Å². The zero-order chi connectivity index (χ0) is 13.0. The summed E-state index contributed by atoms with van der Waals surface area (Å²) in [5, 5.41) is 3.35. The zero-order valence-corrected chi connectivity index (χ0v) is 11.2. The van der Waals surface area contributed by atoms with E-state index in [-0.39, 0.29) is 0 Å². The van der Waals surface area contributed by atoms with Gasteiger partial charge in [-0.05, 0) is 43.7 Å². The smallest absolute Gasteiger partial charge is 0.125 e. The lowest BCUT2D eigenvalue weighted by Gasteiger charge is -2.09. The summed E-state index contributed by atoms with van der Waals surface area (Å²) in [5.74, 6) is 0.807. The highest BCUT2D eigenvalue weighted by atomic mass is 14.9. The van der Waals surface area contributed by atoms with Gasteiger partial charge < -0.3 is 5.32 Å². The first-order chi connectivity index (χ1) is 8.70. The van der Waals surface area contributed by atoms with Crippen molar-refractivity contribution in [1.82, 2.24) is 15.3 Å². The lowest BCUT2D eigenvalue weighted by Crippen LogP contribution is -2.12. The second-order valence-electron chi connectivity index (χ2n) is 4.41. The fraction of sp³-hybridized carbons (Fsp3) is 0.333. The topological polar surface area (TPSA) is 37.8 Å². The van der Waals surface area contributed by atoms with E-state index in [0.717, 1.165) is 30.2 Å². The molecule has 1 aromatic carbocycles. The lowest BCUT2D eigenvalue weighted by atomic mass is 10.0. The van der Waals surface area contributed by atoms with Gasteiger partial charge in [-0.25, -0.2) is 9.97 Å². The quantitative estimate of drug-likeness (QED) is 0.894. The second kappa shape index (κ2) is 5.74. The third-order valence-corrected chi connectivity index (χ3v) is 2.98. The molecule has 0 amide bonds. The number of benzene rings is 1. The third-order valence-electron chi connectivity index (χ3n) is 2.98. The minimum atomic E-state index is 0.807. The molecule has 0 aliphatic heterocycles. The van der Waals surface area contributed by atoms with E-state index in [1.807, 2.05) is 13.0 Å². The molecule has 0 unspecified atom stereocenters. The average Bonchev–Trinajstić information content (AvgIpc) is 2.37. The summed E-state index contributed by atoms with van der Waals surface area (Å²) in [6, 6.07) is 8.44. The molecule has 3 nitrogen and oxygen atoms in total. The molecule has 94 valence electrons. The summed E-state index contributed by atoms with van der Waals surface area (Å²) < 4.78 is 0. The molecule has 0 bridgehead atoms. The van der Waals surface area contributed by atoms with E-state index in [1.165, 1.54) is 11.1 Å². The molecule has 1 heterocycles. The van der Waals surface area contributed by atoms with Gasteiger partial charge >= 0.3 is 0 Å². The first-order valence-electron chi connectivity index (χ1n) is 6.31. The van der Waals surface area contributed by atoms with E-state index < -0.39 is 0 Å². The van der Waals surface area contributed by atoms with Crippen LogP contribution in [0.2, 0.25) is 0 Å². The molecular formula is C15H19N3. The zero-order valence-electron chi connectivity index (χ0n) is 11.2. The summed E-state index contributed by atoms with van der Waals surface area (Å²) in [5.41, 5.74) is 4.77. The van der Waals surface area contributed by atoms with Gasteiger partial charge in [-0.1, -0.05) is 19.1 Å². The summed E-state index contributed by atoms with van der Waals surface area (Å²) in [7, 11) is 0. The number of aromatic nitrogens is 2. The van der Waals surface area contributed by atoms with E-state index in [1.54, 1.807) is 6.20 Å². The van der Waals surface area contributed by atoms with Crippen molar-refractivity contribution in [2.24, 2.45) is 0 Å².